The first kappa shape index (κ1) is 12.2. The molecule has 1 aliphatic rings. The van der Waals surface area contributed by atoms with Crippen LogP contribution in [-0.4, -0.2) is 39.4 Å². The van der Waals surface area contributed by atoms with Gasteiger partial charge in [0.25, 0.3) is 0 Å². The number of benzene rings is 1. The Balaban J connectivity index is 1.65. The molecule has 0 fully saturated rings. The number of aromatic nitrogens is 3. The Morgan fingerprint density at radius 2 is 2.16 bits per heavy atom. The van der Waals surface area contributed by atoms with Crippen molar-refractivity contribution in [1.82, 2.24) is 19.7 Å². The summed E-state index contributed by atoms with van der Waals surface area (Å²) in [4.78, 5) is 2.41. The van der Waals surface area contributed by atoms with Crippen LogP contribution in [0.5, 0.6) is 5.75 Å². The summed E-state index contributed by atoms with van der Waals surface area (Å²) in [5, 5.41) is 7.91. The van der Waals surface area contributed by atoms with Gasteiger partial charge in [0.1, 0.15) is 24.5 Å². The van der Waals surface area contributed by atoms with Crippen molar-refractivity contribution >= 4 is 0 Å². The normalized spacial score (nSPS) is 15.6. The molecule has 0 bridgehead atoms. The zero-order valence-electron chi connectivity index (χ0n) is 11.1. The second-order valence-corrected chi connectivity index (χ2v) is 4.80. The molecule has 0 spiro atoms. The molecule has 0 aliphatic carbocycles. The van der Waals surface area contributed by atoms with E-state index >= 15 is 0 Å². The predicted octanol–water partition coefficient (Wildman–Crippen LogP) is 1.48. The van der Waals surface area contributed by atoms with Crippen molar-refractivity contribution in [3.05, 3.63) is 42.0 Å². The van der Waals surface area contributed by atoms with Gasteiger partial charge in [-0.2, -0.15) is 0 Å². The summed E-state index contributed by atoms with van der Waals surface area (Å²) in [5.74, 6) is 1.98. The van der Waals surface area contributed by atoms with Gasteiger partial charge >= 0.3 is 0 Å². The van der Waals surface area contributed by atoms with Gasteiger partial charge < -0.3 is 9.30 Å². The zero-order valence-corrected chi connectivity index (χ0v) is 11.1. The highest BCUT2D eigenvalue weighted by Gasteiger charge is 2.14. The van der Waals surface area contributed by atoms with E-state index in [0.29, 0.717) is 0 Å². The lowest BCUT2D eigenvalue weighted by Crippen LogP contribution is -2.29. The predicted molar refractivity (Wildman–Crippen MR) is 72.0 cm³/mol. The third-order valence-corrected chi connectivity index (χ3v) is 3.50. The number of para-hydroxylation sites is 1. The lowest BCUT2D eigenvalue weighted by Gasteiger charge is -2.19. The molecular weight excluding hydrogens is 240 g/mol. The fourth-order valence-electron chi connectivity index (χ4n) is 2.35. The Kier molecular flexibility index (Phi) is 3.46. The Morgan fingerprint density at radius 3 is 3.00 bits per heavy atom. The SMILES string of the molecule is Cc1nncn1CCN1CCOc2ccccc2C1. The van der Waals surface area contributed by atoms with Crippen LogP contribution in [0.1, 0.15) is 11.4 Å². The molecule has 5 nitrogen and oxygen atoms in total. The van der Waals surface area contributed by atoms with Crippen LogP contribution in [0.4, 0.5) is 0 Å². The lowest BCUT2D eigenvalue weighted by atomic mass is 10.2. The largest absolute Gasteiger partial charge is 0.492 e. The first-order valence-electron chi connectivity index (χ1n) is 6.60. The van der Waals surface area contributed by atoms with E-state index in [0.717, 1.165) is 44.4 Å². The van der Waals surface area contributed by atoms with Crippen LogP contribution in [-0.2, 0) is 13.1 Å². The summed E-state index contributed by atoms with van der Waals surface area (Å²) < 4.78 is 7.85. The van der Waals surface area contributed by atoms with Gasteiger partial charge in [0, 0.05) is 31.7 Å². The van der Waals surface area contributed by atoms with Gasteiger partial charge in [-0.05, 0) is 13.0 Å². The molecule has 2 aromatic rings. The molecule has 0 saturated carbocycles. The molecule has 3 rings (SSSR count). The molecule has 0 radical (unpaired) electrons. The van der Waals surface area contributed by atoms with E-state index < -0.39 is 0 Å². The van der Waals surface area contributed by atoms with E-state index in [1.54, 1.807) is 6.33 Å². The molecule has 0 atom stereocenters. The van der Waals surface area contributed by atoms with Crippen molar-refractivity contribution in [2.75, 3.05) is 19.7 Å². The van der Waals surface area contributed by atoms with Gasteiger partial charge in [0.05, 0.1) is 0 Å². The second-order valence-electron chi connectivity index (χ2n) is 4.80. The number of nitrogens with zero attached hydrogens (tertiary/aromatic N) is 4. The van der Waals surface area contributed by atoms with Crippen LogP contribution < -0.4 is 4.74 Å². The molecule has 0 amide bonds. The summed E-state index contributed by atoms with van der Waals surface area (Å²) in [7, 11) is 0. The summed E-state index contributed by atoms with van der Waals surface area (Å²) in [6, 6.07) is 8.27. The van der Waals surface area contributed by atoms with Crippen LogP contribution in [0.3, 0.4) is 0 Å². The minimum atomic E-state index is 0.748. The third kappa shape index (κ3) is 2.76. The average molecular weight is 258 g/mol. The highest BCUT2D eigenvalue weighted by Crippen LogP contribution is 2.22. The van der Waals surface area contributed by atoms with Crippen molar-refractivity contribution in [2.24, 2.45) is 0 Å². The molecule has 1 aromatic carbocycles. The lowest BCUT2D eigenvalue weighted by molar-refractivity contribution is 0.219. The zero-order chi connectivity index (χ0) is 13.1. The molecule has 19 heavy (non-hydrogen) atoms. The molecule has 1 aliphatic heterocycles. The Bertz CT molecular complexity index is 552. The summed E-state index contributed by atoms with van der Waals surface area (Å²) >= 11 is 0. The third-order valence-electron chi connectivity index (χ3n) is 3.50. The van der Waals surface area contributed by atoms with E-state index in [4.69, 9.17) is 4.74 Å². The summed E-state index contributed by atoms with van der Waals surface area (Å²) in [5.41, 5.74) is 1.26. The number of ether oxygens (including phenoxy) is 1. The standard InChI is InChI=1S/C14H18N4O/c1-12-16-15-11-18(12)7-6-17-8-9-19-14-5-3-2-4-13(14)10-17/h2-5,11H,6-10H2,1H3. The van der Waals surface area contributed by atoms with Gasteiger partial charge in [-0.15, -0.1) is 10.2 Å². The Labute approximate surface area is 112 Å². The Morgan fingerprint density at radius 1 is 1.26 bits per heavy atom. The maximum Gasteiger partial charge on any atom is 0.129 e. The molecule has 2 heterocycles. The first-order valence-corrected chi connectivity index (χ1v) is 6.60. The van der Waals surface area contributed by atoms with Crippen LogP contribution in [0.25, 0.3) is 0 Å². The van der Waals surface area contributed by atoms with E-state index in [-0.39, 0.29) is 0 Å². The van der Waals surface area contributed by atoms with Gasteiger partial charge in [-0.25, -0.2) is 0 Å². The minimum absolute atomic E-state index is 0.748. The van der Waals surface area contributed by atoms with E-state index in [1.807, 2.05) is 19.1 Å². The van der Waals surface area contributed by atoms with E-state index in [9.17, 15) is 0 Å². The fourth-order valence-corrected chi connectivity index (χ4v) is 2.35. The molecular formula is C14H18N4O. The summed E-state index contributed by atoms with van der Waals surface area (Å²) in [6.45, 7) is 6.52. The molecule has 5 heteroatoms. The summed E-state index contributed by atoms with van der Waals surface area (Å²) in [6.07, 6.45) is 1.79. The van der Waals surface area contributed by atoms with Crippen LogP contribution in [0.15, 0.2) is 30.6 Å². The highest BCUT2D eigenvalue weighted by molar-refractivity contribution is 5.33. The van der Waals surface area contributed by atoms with Gasteiger partial charge in [0.2, 0.25) is 0 Å². The monoisotopic (exact) mass is 258 g/mol. The average Bonchev–Trinajstić information content (AvgIpc) is 2.72. The maximum atomic E-state index is 5.77. The van der Waals surface area contributed by atoms with Crippen molar-refractivity contribution < 1.29 is 4.74 Å². The maximum absolute atomic E-state index is 5.77. The van der Waals surface area contributed by atoms with Crippen molar-refractivity contribution in [3.8, 4) is 5.75 Å². The molecule has 0 N–H and O–H groups in total. The number of hydrogen-bond acceptors (Lipinski definition) is 4. The second kappa shape index (κ2) is 5.40. The van der Waals surface area contributed by atoms with Crippen LogP contribution in [0.2, 0.25) is 0 Å². The van der Waals surface area contributed by atoms with Crippen LogP contribution in [0, 0.1) is 6.92 Å². The van der Waals surface area contributed by atoms with Crippen molar-refractivity contribution in [2.45, 2.75) is 20.0 Å². The minimum Gasteiger partial charge on any atom is -0.492 e. The first-order chi connectivity index (χ1) is 9.33. The number of hydrogen-bond donors (Lipinski definition) is 0. The number of aryl methyl sites for hydroxylation is 1. The molecule has 0 unspecified atom stereocenters. The number of fused-ring (bicyclic) bond motifs is 1. The smallest absolute Gasteiger partial charge is 0.129 e. The Hall–Kier alpha value is -1.88. The molecule has 100 valence electrons. The van der Waals surface area contributed by atoms with Crippen molar-refractivity contribution in [1.29, 1.82) is 0 Å². The van der Waals surface area contributed by atoms with Gasteiger partial charge in [-0.1, -0.05) is 18.2 Å². The van der Waals surface area contributed by atoms with Gasteiger partial charge in [0.15, 0.2) is 0 Å². The molecule has 0 saturated heterocycles. The number of rotatable bonds is 3. The quantitative estimate of drug-likeness (QED) is 0.836. The van der Waals surface area contributed by atoms with Crippen LogP contribution >= 0.6 is 0 Å². The van der Waals surface area contributed by atoms with Gasteiger partial charge in [-0.3, -0.25) is 4.90 Å². The van der Waals surface area contributed by atoms with E-state index in [1.165, 1.54) is 5.56 Å². The van der Waals surface area contributed by atoms with E-state index in [2.05, 4.69) is 31.8 Å². The fraction of sp³-hybridized carbons (Fsp3) is 0.429. The highest BCUT2D eigenvalue weighted by atomic mass is 16.5. The molecule has 1 aromatic heterocycles. The van der Waals surface area contributed by atoms with Crippen molar-refractivity contribution in [3.63, 3.8) is 0 Å². The topological polar surface area (TPSA) is 43.2 Å².